The van der Waals surface area contributed by atoms with E-state index >= 15 is 0 Å². The van der Waals surface area contributed by atoms with Crippen LogP contribution in [0.3, 0.4) is 0 Å². The summed E-state index contributed by atoms with van der Waals surface area (Å²) < 4.78 is 0. The molecule has 5 heteroatoms. The van der Waals surface area contributed by atoms with Crippen LogP contribution in [0.5, 0.6) is 0 Å². The number of nitrogens with zero attached hydrogens (tertiary/aromatic N) is 1. The Balaban J connectivity index is 0.00000264. The number of amides is 1. The summed E-state index contributed by atoms with van der Waals surface area (Å²) in [6.45, 7) is 6.74. The number of carbonyl (C=O) groups excluding carboxylic acids is 1. The van der Waals surface area contributed by atoms with Gasteiger partial charge in [-0.2, -0.15) is 0 Å². The molecule has 0 bridgehead atoms. The lowest BCUT2D eigenvalue weighted by atomic mass is 9.82. The van der Waals surface area contributed by atoms with Crippen LogP contribution in [0.25, 0.3) is 0 Å². The lowest BCUT2D eigenvalue weighted by molar-refractivity contribution is -0.137. The van der Waals surface area contributed by atoms with E-state index in [-0.39, 0.29) is 18.3 Å². The van der Waals surface area contributed by atoms with Gasteiger partial charge >= 0.3 is 0 Å². The molecule has 1 heterocycles. The summed E-state index contributed by atoms with van der Waals surface area (Å²) in [6.07, 6.45) is 3.41. The molecule has 0 atom stereocenters. The highest BCUT2D eigenvalue weighted by molar-refractivity contribution is 6.31. The van der Waals surface area contributed by atoms with Gasteiger partial charge in [-0.1, -0.05) is 29.8 Å². The van der Waals surface area contributed by atoms with E-state index in [0.717, 1.165) is 44.0 Å². The third kappa shape index (κ3) is 4.85. The minimum atomic E-state index is -0.573. The van der Waals surface area contributed by atoms with Crippen LogP contribution in [0.1, 0.15) is 38.7 Å². The van der Waals surface area contributed by atoms with Crippen molar-refractivity contribution in [2.75, 3.05) is 26.7 Å². The number of carbonyl (C=O) groups is 1. The molecule has 0 unspecified atom stereocenters. The van der Waals surface area contributed by atoms with E-state index in [2.05, 4.69) is 5.32 Å². The van der Waals surface area contributed by atoms with Crippen LogP contribution in [0.15, 0.2) is 24.3 Å². The van der Waals surface area contributed by atoms with E-state index in [4.69, 9.17) is 11.6 Å². The third-order valence-corrected chi connectivity index (χ3v) is 5.12. The molecule has 23 heavy (non-hydrogen) atoms. The lowest BCUT2D eigenvalue weighted by Gasteiger charge is -2.37. The van der Waals surface area contributed by atoms with Gasteiger partial charge in [0, 0.05) is 18.1 Å². The van der Waals surface area contributed by atoms with E-state index in [1.54, 1.807) is 0 Å². The summed E-state index contributed by atoms with van der Waals surface area (Å²) in [7, 11) is 1.99. The van der Waals surface area contributed by atoms with Crippen molar-refractivity contribution in [3.8, 4) is 0 Å². The maximum Gasteiger partial charge on any atom is 0.232 e. The Morgan fingerprint density at radius 2 is 1.91 bits per heavy atom. The Kier molecular flexibility index (Phi) is 7.85. The van der Waals surface area contributed by atoms with Gasteiger partial charge in [-0.05, 0) is 64.3 Å². The Hall–Kier alpha value is -0.770. The second-order valence-electron chi connectivity index (χ2n) is 6.73. The van der Waals surface area contributed by atoms with Crippen molar-refractivity contribution in [2.24, 2.45) is 5.92 Å². The highest BCUT2D eigenvalue weighted by Crippen LogP contribution is 2.33. The topological polar surface area (TPSA) is 32.3 Å². The van der Waals surface area contributed by atoms with Crippen molar-refractivity contribution in [3.63, 3.8) is 0 Å². The molecule has 1 amide bonds. The molecule has 0 saturated carbocycles. The van der Waals surface area contributed by atoms with Gasteiger partial charge in [0.1, 0.15) is 0 Å². The van der Waals surface area contributed by atoms with Crippen molar-refractivity contribution >= 4 is 29.9 Å². The van der Waals surface area contributed by atoms with Gasteiger partial charge in [0.2, 0.25) is 5.91 Å². The first kappa shape index (κ1) is 20.3. The summed E-state index contributed by atoms with van der Waals surface area (Å²) in [6, 6.07) is 7.66. The molecule has 1 aliphatic rings. The van der Waals surface area contributed by atoms with Crippen molar-refractivity contribution in [1.29, 1.82) is 0 Å². The molecule has 0 radical (unpaired) electrons. The number of benzene rings is 1. The van der Waals surface area contributed by atoms with Crippen LogP contribution in [-0.2, 0) is 10.2 Å². The molecule has 130 valence electrons. The molecule has 0 aliphatic carbocycles. The number of hydrogen-bond acceptors (Lipinski definition) is 2. The minimum Gasteiger partial charge on any atom is -0.342 e. The van der Waals surface area contributed by atoms with Gasteiger partial charge in [0.15, 0.2) is 0 Å². The third-order valence-electron chi connectivity index (χ3n) is 4.79. The summed E-state index contributed by atoms with van der Waals surface area (Å²) in [4.78, 5) is 15.0. The second kappa shape index (κ2) is 8.91. The fourth-order valence-electron chi connectivity index (χ4n) is 3.25. The van der Waals surface area contributed by atoms with Gasteiger partial charge in [-0.25, -0.2) is 0 Å². The van der Waals surface area contributed by atoms with E-state index in [1.165, 1.54) is 6.42 Å². The smallest absolute Gasteiger partial charge is 0.232 e. The van der Waals surface area contributed by atoms with Crippen LogP contribution >= 0.6 is 24.0 Å². The number of hydrogen-bond donors (Lipinski definition) is 1. The predicted octanol–water partition coefficient (Wildman–Crippen LogP) is 3.89. The molecular weight excluding hydrogens is 331 g/mol. The van der Waals surface area contributed by atoms with Gasteiger partial charge in [0.25, 0.3) is 0 Å². The highest BCUT2D eigenvalue weighted by Gasteiger charge is 2.36. The molecule has 1 aliphatic heterocycles. The van der Waals surface area contributed by atoms with Crippen molar-refractivity contribution in [2.45, 2.75) is 38.5 Å². The molecular formula is C18H28Cl2N2O. The lowest BCUT2D eigenvalue weighted by Crippen LogP contribution is -2.47. The SMILES string of the molecule is CNCCC1CCN(C(=O)C(C)(C)c2ccccc2Cl)CC1.Cl. The number of nitrogens with one attached hydrogen (secondary N) is 1. The van der Waals surface area contributed by atoms with Crippen LogP contribution in [0.4, 0.5) is 0 Å². The summed E-state index contributed by atoms with van der Waals surface area (Å²) in [5.74, 6) is 0.924. The maximum atomic E-state index is 12.9. The van der Waals surface area contributed by atoms with Gasteiger partial charge in [-0.15, -0.1) is 12.4 Å². The summed E-state index contributed by atoms with van der Waals surface area (Å²) in [5.41, 5.74) is 0.342. The van der Waals surface area contributed by atoms with Crippen LogP contribution in [0, 0.1) is 5.92 Å². The van der Waals surface area contributed by atoms with Crippen LogP contribution in [-0.4, -0.2) is 37.5 Å². The van der Waals surface area contributed by atoms with Crippen LogP contribution in [0.2, 0.25) is 5.02 Å². The number of halogens is 2. The van der Waals surface area contributed by atoms with Gasteiger partial charge in [-0.3, -0.25) is 4.79 Å². The largest absolute Gasteiger partial charge is 0.342 e. The zero-order valence-corrected chi connectivity index (χ0v) is 15.8. The first-order valence-electron chi connectivity index (χ1n) is 8.15. The van der Waals surface area contributed by atoms with Gasteiger partial charge < -0.3 is 10.2 Å². The molecule has 1 aromatic rings. The zero-order valence-electron chi connectivity index (χ0n) is 14.3. The minimum absolute atomic E-state index is 0. The molecule has 2 rings (SSSR count). The van der Waals surface area contributed by atoms with E-state index in [9.17, 15) is 4.79 Å². The first-order chi connectivity index (χ1) is 10.5. The number of piperidine rings is 1. The fraction of sp³-hybridized carbons (Fsp3) is 0.611. The molecule has 0 aromatic heterocycles. The van der Waals surface area contributed by atoms with Crippen molar-refractivity contribution < 1.29 is 4.79 Å². The molecule has 3 nitrogen and oxygen atoms in total. The van der Waals surface area contributed by atoms with Crippen molar-refractivity contribution in [3.05, 3.63) is 34.9 Å². The fourth-order valence-corrected chi connectivity index (χ4v) is 3.62. The standard InChI is InChI=1S/C18H27ClN2O.ClH/c1-18(2,15-6-4-5-7-16(15)19)17(22)21-12-9-14(10-13-21)8-11-20-3;/h4-7,14,20H,8-13H2,1-3H3;1H. The molecule has 1 fully saturated rings. The van der Waals surface area contributed by atoms with E-state index in [0.29, 0.717) is 5.02 Å². The van der Waals surface area contributed by atoms with Gasteiger partial charge in [0.05, 0.1) is 5.41 Å². The van der Waals surface area contributed by atoms with Crippen LogP contribution < -0.4 is 5.32 Å². The Labute approximate surface area is 151 Å². The molecule has 0 spiro atoms. The highest BCUT2D eigenvalue weighted by atomic mass is 35.5. The second-order valence-corrected chi connectivity index (χ2v) is 7.14. The Morgan fingerprint density at radius 1 is 1.30 bits per heavy atom. The van der Waals surface area contributed by atoms with E-state index in [1.807, 2.05) is 50.1 Å². The monoisotopic (exact) mass is 358 g/mol. The summed E-state index contributed by atoms with van der Waals surface area (Å²) >= 11 is 6.29. The number of likely N-dealkylation sites (tertiary alicyclic amines) is 1. The van der Waals surface area contributed by atoms with Crippen molar-refractivity contribution in [1.82, 2.24) is 10.2 Å². The zero-order chi connectivity index (χ0) is 16.2. The normalized spacial score (nSPS) is 16.1. The average molecular weight is 359 g/mol. The molecule has 1 N–H and O–H groups in total. The molecule has 1 aromatic carbocycles. The predicted molar refractivity (Wildman–Crippen MR) is 99.6 cm³/mol. The Bertz CT molecular complexity index is 511. The quantitative estimate of drug-likeness (QED) is 0.865. The van der Waals surface area contributed by atoms with E-state index < -0.39 is 5.41 Å². The number of rotatable bonds is 5. The molecule has 1 saturated heterocycles. The first-order valence-corrected chi connectivity index (χ1v) is 8.53. The average Bonchev–Trinajstić information content (AvgIpc) is 2.53. The summed E-state index contributed by atoms with van der Waals surface area (Å²) in [5, 5.41) is 3.88. The Morgan fingerprint density at radius 3 is 2.48 bits per heavy atom. The maximum absolute atomic E-state index is 12.9.